The average Bonchev–Trinajstić information content (AvgIpc) is 3.19. The third kappa shape index (κ3) is 2.75. The Morgan fingerprint density at radius 2 is 1.92 bits per heavy atom. The quantitative estimate of drug-likeness (QED) is 0.716. The maximum atomic E-state index is 12.9. The number of para-hydroxylation sites is 1. The summed E-state index contributed by atoms with van der Waals surface area (Å²) in [7, 11) is -1.88. The molecule has 0 spiro atoms. The van der Waals surface area contributed by atoms with E-state index < -0.39 is 10.0 Å². The van der Waals surface area contributed by atoms with Crippen molar-refractivity contribution in [3.63, 3.8) is 0 Å². The molecule has 0 N–H and O–H groups in total. The number of nitrogens with zero attached hydrogens (tertiary/aromatic N) is 2. The van der Waals surface area contributed by atoms with Crippen LogP contribution in [-0.2, 0) is 29.4 Å². The monoisotopic (exact) mass is 358 g/mol. The SMILES string of the molecule is CN(Cc1nc2ccccc2s1)S(=O)(=O)c1ccc2c(c1)CCC2. The van der Waals surface area contributed by atoms with Gasteiger partial charge in [0.25, 0.3) is 0 Å². The summed E-state index contributed by atoms with van der Waals surface area (Å²) in [6.45, 7) is 0.290. The van der Waals surface area contributed by atoms with E-state index in [9.17, 15) is 8.42 Å². The molecule has 0 saturated carbocycles. The van der Waals surface area contributed by atoms with Gasteiger partial charge in [0.05, 0.1) is 21.7 Å². The lowest BCUT2D eigenvalue weighted by Crippen LogP contribution is -2.26. The number of sulfonamides is 1. The molecular formula is C18H18N2O2S2. The van der Waals surface area contributed by atoms with E-state index in [1.54, 1.807) is 13.1 Å². The molecule has 0 unspecified atom stereocenters. The predicted octanol–water partition coefficient (Wildman–Crippen LogP) is 3.61. The molecule has 6 heteroatoms. The second-order valence-electron chi connectivity index (χ2n) is 6.12. The van der Waals surface area contributed by atoms with Crippen molar-refractivity contribution in [1.29, 1.82) is 0 Å². The summed E-state index contributed by atoms with van der Waals surface area (Å²) in [6.07, 6.45) is 3.14. The minimum absolute atomic E-state index is 0.290. The molecule has 124 valence electrons. The highest BCUT2D eigenvalue weighted by molar-refractivity contribution is 7.89. The highest BCUT2D eigenvalue weighted by Crippen LogP contribution is 2.27. The molecule has 1 aliphatic carbocycles. The Kier molecular flexibility index (Phi) is 3.90. The van der Waals surface area contributed by atoms with Gasteiger partial charge in [-0.05, 0) is 54.7 Å². The van der Waals surface area contributed by atoms with E-state index in [-0.39, 0.29) is 0 Å². The summed E-state index contributed by atoms with van der Waals surface area (Å²) >= 11 is 1.54. The number of aryl methyl sites for hydroxylation is 2. The van der Waals surface area contributed by atoms with Crippen LogP contribution in [-0.4, -0.2) is 24.8 Å². The van der Waals surface area contributed by atoms with Crippen molar-refractivity contribution < 1.29 is 8.42 Å². The molecule has 3 aromatic rings. The first-order valence-electron chi connectivity index (χ1n) is 7.96. The predicted molar refractivity (Wildman–Crippen MR) is 96.7 cm³/mol. The van der Waals surface area contributed by atoms with Crippen LogP contribution in [0.25, 0.3) is 10.2 Å². The van der Waals surface area contributed by atoms with E-state index >= 15 is 0 Å². The van der Waals surface area contributed by atoms with Crippen LogP contribution in [0.1, 0.15) is 22.6 Å². The number of hydrogen-bond acceptors (Lipinski definition) is 4. The van der Waals surface area contributed by atoms with E-state index in [1.807, 2.05) is 36.4 Å². The summed E-state index contributed by atoms with van der Waals surface area (Å²) in [4.78, 5) is 4.91. The van der Waals surface area contributed by atoms with Gasteiger partial charge in [-0.25, -0.2) is 13.4 Å². The van der Waals surface area contributed by atoms with Crippen LogP contribution in [0.3, 0.4) is 0 Å². The maximum absolute atomic E-state index is 12.9. The number of hydrogen-bond donors (Lipinski definition) is 0. The van der Waals surface area contributed by atoms with Gasteiger partial charge in [0, 0.05) is 7.05 Å². The molecule has 0 fully saturated rings. The van der Waals surface area contributed by atoms with Gasteiger partial charge in [0.15, 0.2) is 0 Å². The van der Waals surface area contributed by atoms with Crippen LogP contribution in [0.2, 0.25) is 0 Å². The molecule has 0 radical (unpaired) electrons. The summed E-state index contributed by atoms with van der Waals surface area (Å²) in [5, 5.41) is 0.809. The lowest BCUT2D eigenvalue weighted by molar-refractivity contribution is 0.466. The van der Waals surface area contributed by atoms with Crippen molar-refractivity contribution in [2.24, 2.45) is 0 Å². The highest BCUT2D eigenvalue weighted by Gasteiger charge is 2.24. The summed E-state index contributed by atoms with van der Waals surface area (Å²) < 4.78 is 28.2. The fraction of sp³-hybridized carbons (Fsp3) is 0.278. The van der Waals surface area contributed by atoms with Crippen LogP contribution < -0.4 is 0 Å². The second-order valence-corrected chi connectivity index (χ2v) is 9.28. The Hall–Kier alpha value is -1.76. The second kappa shape index (κ2) is 5.95. The first kappa shape index (κ1) is 15.7. The van der Waals surface area contributed by atoms with Crippen molar-refractivity contribution in [2.75, 3.05) is 7.05 Å². The smallest absolute Gasteiger partial charge is 0.240 e. The van der Waals surface area contributed by atoms with Gasteiger partial charge in [-0.2, -0.15) is 4.31 Å². The van der Waals surface area contributed by atoms with Crippen LogP contribution in [0.15, 0.2) is 47.4 Å². The van der Waals surface area contributed by atoms with Gasteiger partial charge in [-0.1, -0.05) is 18.2 Å². The molecule has 1 heterocycles. The molecule has 0 bridgehead atoms. The van der Waals surface area contributed by atoms with Gasteiger partial charge < -0.3 is 0 Å². The molecule has 2 aromatic carbocycles. The molecule has 0 aliphatic heterocycles. The van der Waals surface area contributed by atoms with Crippen molar-refractivity contribution >= 4 is 31.6 Å². The Labute approximate surface area is 145 Å². The van der Waals surface area contributed by atoms with E-state index in [0.717, 1.165) is 34.5 Å². The first-order valence-corrected chi connectivity index (χ1v) is 10.2. The molecule has 1 aliphatic rings. The normalized spacial score (nSPS) is 14.4. The van der Waals surface area contributed by atoms with Gasteiger partial charge in [-0.3, -0.25) is 0 Å². The van der Waals surface area contributed by atoms with Gasteiger partial charge >= 0.3 is 0 Å². The van der Waals surface area contributed by atoms with Crippen molar-refractivity contribution in [2.45, 2.75) is 30.7 Å². The zero-order valence-electron chi connectivity index (χ0n) is 13.4. The Bertz CT molecular complexity index is 976. The molecule has 1 aromatic heterocycles. The van der Waals surface area contributed by atoms with Crippen LogP contribution in [0, 0.1) is 0 Å². The first-order chi connectivity index (χ1) is 11.5. The topological polar surface area (TPSA) is 50.3 Å². The fourth-order valence-electron chi connectivity index (χ4n) is 3.15. The molecule has 4 rings (SSSR count). The zero-order valence-corrected chi connectivity index (χ0v) is 15.0. The van der Waals surface area contributed by atoms with Gasteiger partial charge in [-0.15, -0.1) is 11.3 Å². The van der Waals surface area contributed by atoms with Crippen molar-refractivity contribution in [3.8, 4) is 0 Å². The number of aromatic nitrogens is 1. The number of thiazole rings is 1. The largest absolute Gasteiger partial charge is 0.243 e. The van der Waals surface area contributed by atoms with Crippen LogP contribution >= 0.6 is 11.3 Å². The highest BCUT2D eigenvalue weighted by atomic mass is 32.2. The molecule has 24 heavy (non-hydrogen) atoms. The number of fused-ring (bicyclic) bond motifs is 2. The van der Waals surface area contributed by atoms with Gasteiger partial charge in [0.2, 0.25) is 10.0 Å². The third-order valence-corrected chi connectivity index (χ3v) is 7.29. The van der Waals surface area contributed by atoms with E-state index in [0.29, 0.717) is 11.4 Å². The number of benzene rings is 2. The average molecular weight is 358 g/mol. The Balaban J connectivity index is 1.61. The van der Waals surface area contributed by atoms with E-state index in [1.165, 1.54) is 26.8 Å². The molecule has 0 atom stereocenters. The Morgan fingerprint density at radius 1 is 1.12 bits per heavy atom. The van der Waals surface area contributed by atoms with Gasteiger partial charge in [0.1, 0.15) is 5.01 Å². The minimum Gasteiger partial charge on any atom is -0.240 e. The lowest BCUT2D eigenvalue weighted by Gasteiger charge is -2.16. The zero-order chi connectivity index (χ0) is 16.7. The maximum Gasteiger partial charge on any atom is 0.243 e. The summed E-state index contributed by atoms with van der Waals surface area (Å²) in [5.74, 6) is 0. The molecule has 0 amide bonds. The molecule has 0 saturated heterocycles. The lowest BCUT2D eigenvalue weighted by atomic mass is 10.1. The summed E-state index contributed by atoms with van der Waals surface area (Å²) in [5.41, 5.74) is 3.37. The standard InChI is InChI=1S/C18H18N2O2S2/c1-20(12-18-19-16-7-2-3-8-17(16)23-18)24(21,22)15-10-9-13-5-4-6-14(13)11-15/h2-3,7-11H,4-6,12H2,1H3. The van der Waals surface area contributed by atoms with Crippen LogP contribution in [0.5, 0.6) is 0 Å². The third-order valence-electron chi connectivity index (χ3n) is 4.47. The summed E-state index contributed by atoms with van der Waals surface area (Å²) in [6, 6.07) is 13.4. The molecule has 4 nitrogen and oxygen atoms in total. The Morgan fingerprint density at radius 3 is 2.75 bits per heavy atom. The van der Waals surface area contributed by atoms with E-state index in [4.69, 9.17) is 0 Å². The van der Waals surface area contributed by atoms with Crippen molar-refractivity contribution in [3.05, 3.63) is 58.6 Å². The van der Waals surface area contributed by atoms with Crippen molar-refractivity contribution in [1.82, 2.24) is 9.29 Å². The fourth-order valence-corrected chi connectivity index (χ4v) is 5.44. The minimum atomic E-state index is -3.50. The molecular weight excluding hydrogens is 340 g/mol. The van der Waals surface area contributed by atoms with E-state index in [2.05, 4.69) is 4.98 Å². The van der Waals surface area contributed by atoms with Crippen LogP contribution in [0.4, 0.5) is 0 Å². The number of rotatable bonds is 4.